The van der Waals surface area contributed by atoms with Gasteiger partial charge in [-0.3, -0.25) is 0 Å². The Kier molecular flexibility index (Phi) is 4.93. The molecule has 2 rings (SSSR count). The van der Waals surface area contributed by atoms with Gasteiger partial charge in [0.25, 0.3) is 0 Å². The highest BCUT2D eigenvalue weighted by molar-refractivity contribution is 7.99. The van der Waals surface area contributed by atoms with Crippen LogP contribution in [0.1, 0.15) is 36.8 Å². The lowest BCUT2D eigenvalue weighted by atomic mass is 10.1. The van der Waals surface area contributed by atoms with Gasteiger partial charge in [-0.05, 0) is 55.8 Å². The zero-order valence-corrected chi connectivity index (χ0v) is 11.6. The van der Waals surface area contributed by atoms with Gasteiger partial charge < -0.3 is 5.73 Å². The Labute approximate surface area is 109 Å². The van der Waals surface area contributed by atoms with Gasteiger partial charge in [0.1, 0.15) is 0 Å². The Bertz CT molecular complexity index is 356. The van der Waals surface area contributed by atoms with E-state index in [2.05, 4.69) is 25.1 Å². The van der Waals surface area contributed by atoms with Crippen LogP contribution in [0.2, 0.25) is 0 Å². The monoisotopic (exact) mass is 249 g/mol. The van der Waals surface area contributed by atoms with Crippen LogP contribution >= 0.6 is 11.8 Å². The fourth-order valence-electron chi connectivity index (χ4n) is 2.58. The standard InChI is InChI=1S/C15H23NS/c1-12-10-13(8-9-16)6-7-15(12)17-11-14-4-2-3-5-14/h6-7,10,14H,2-5,8-9,11,16H2,1H3. The van der Waals surface area contributed by atoms with Gasteiger partial charge in [-0.1, -0.05) is 25.0 Å². The average Bonchev–Trinajstić information content (AvgIpc) is 2.81. The summed E-state index contributed by atoms with van der Waals surface area (Å²) in [5.74, 6) is 2.26. The quantitative estimate of drug-likeness (QED) is 0.804. The number of benzene rings is 1. The zero-order valence-electron chi connectivity index (χ0n) is 10.7. The molecule has 1 aliphatic carbocycles. The summed E-state index contributed by atoms with van der Waals surface area (Å²) in [7, 11) is 0. The van der Waals surface area contributed by atoms with Gasteiger partial charge >= 0.3 is 0 Å². The summed E-state index contributed by atoms with van der Waals surface area (Å²) in [5.41, 5.74) is 8.37. The first-order chi connectivity index (χ1) is 8.29. The Morgan fingerprint density at radius 2 is 2.06 bits per heavy atom. The smallest absolute Gasteiger partial charge is 0.0101 e. The number of nitrogens with two attached hydrogens (primary N) is 1. The molecule has 0 aliphatic heterocycles. The van der Waals surface area contributed by atoms with Gasteiger partial charge in [-0.2, -0.15) is 0 Å². The number of rotatable bonds is 5. The van der Waals surface area contributed by atoms with E-state index < -0.39 is 0 Å². The van der Waals surface area contributed by atoms with Crippen molar-refractivity contribution in [3.05, 3.63) is 29.3 Å². The maximum absolute atomic E-state index is 5.58. The normalized spacial score (nSPS) is 16.6. The van der Waals surface area contributed by atoms with E-state index in [1.165, 1.54) is 47.5 Å². The van der Waals surface area contributed by atoms with Gasteiger partial charge in [0.15, 0.2) is 0 Å². The molecule has 0 saturated heterocycles. The van der Waals surface area contributed by atoms with E-state index >= 15 is 0 Å². The Morgan fingerprint density at radius 3 is 2.71 bits per heavy atom. The third-order valence-corrected chi connectivity index (χ3v) is 5.03. The summed E-state index contributed by atoms with van der Waals surface area (Å²) in [5, 5.41) is 0. The van der Waals surface area contributed by atoms with E-state index in [-0.39, 0.29) is 0 Å². The summed E-state index contributed by atoms with van der Waals surface area (Å²) < 4.78 is 0. The molecule has 2 N–H and O–H groups in total. The van der Waals surface area contributed by atoms with Gasteiger partial charge in [-0.25, -0.2) is 0 Å². The Balaban J connectivity index is 1.91. The number of thioether (sulfide) groups is 1. The molecule has 1 nitrogen and oxygen atoms in total. The molecule has 0 radical (unpaired) electrons. The van der Waals surface area contributed by atoms with E-state index in [9.17, 15) is 0 Å². The molecule has 2 heteroatoms. The van der Waals surface area contributed by atoms with Crippen LogP contribution in [0.15, 0.2) is 23.1 Å². The molecule has 1 aliphatic rings. The van der Waals surface area contributed by atoms with Crippen molar-refractivity contribution in [3.63, 3.8) is 0 Å². The van der Waals surface area contributed by atoms with E-state index in [0.717, 1.165) is 18.9 Å². The lowest BCUT2D eigenvalue weighted by molar-refractivity contribution is 0.623. The maximum atomic E-state index is 5.58. The third kappa shape index (κ3) is 3.75. The molecule has 1 aromatic rings. The number of aryl methyl sites for hydroxylation is 1. The highest BCUT2D eigenvalue weighted by Crippen LogP contribution is 2.32. The second-order valence-corrected chi connectivity index (χ2v) is 6.16. The van der Waals surface area contributed by atoms with Gasteiger partial charge in [0.2, 0.25) is 0 Å². The fraction of sp³-hybridized carbons (Fsp3) is 0.600. The molecule has 0 bridgehead atoms. The van der Waals surface area contributed by atoms with Crippen LogP contribution in [0, 0.1) is 12.8 Å². The van der Waals surface area contributed by atoms with Crippen molar-refractivity contribution >= 4 is 11.8 Å². The first-order valence-electron chi connectivity index (χ1n) is 6.72. The molecule has 0 heterocycles. The summed E-state index contributed by atoms with van der Waals surface area (Å²) >= 11 is 2.04. The summed E-state index contributed by atoms with van der Waals surface area (Å²) in [6.45, 7) is 2.96. The van der Waals surface area contributed by atoms with E-state index in [0.29, 0.717) is 0 Å². The molecule has 0 amide bonds. The van der Waals surface area contributed by atoms with Gasteiger partial charge in [0, 0.05) is 10.6 Å². The molecule has 94 valence electrons. The van der Waals surface area contributed by atoms with Crippen molar-refractivity contribution in [2.75, 3.05) is 12.3 Å². The minimum absolute atomic E-state index is 0.744. The lowest BCUT2D eigenvalue weighted by Gasteiger charge is -2.11. The molecule has 1 aromatic carbocycles. The molecular formula is C15H23NS. The second kappa shape index (κ2) is 6.46. The van der Waals surface area contributed by atoms with Gasteiger partial charge in [-0.15, -0.1) is 11.8 Å². The number of hydrogen-bond donors (Lipinski definition) is 1. The van der Waals surface area contributed by atoms with E-state index in [1.54, 1.807) is 0 Å². The number of hydrogen-bond acceptors (Lipinski definition) is 2. The largest absolute Gasteiger partial charge is 0.330 e. The van der Waals surface area contributed by atoms with Crippen molar-refractivity contribution in [2.45, 2.75) is 43.9 Å². The van der Waals surface area contributed by atoms with Gasteiger partial charge in [0.05, 0.1) is 0 Å². The minimum Gasteiger partial charge on any atom is -0.330 e. The summed E-state index contributed by atoms with van der Waals surface area (Å²) in [6, 6.07) is 6.81. The van der Waals surface area contributed by atoms with Crippen molar-refractivity contribution in [1.29, 1.82) is 0 Å². The maximum Gasteiger partial charge on any atom is 0.0101 e. The van der Waals surface area contributed by atoms with Crippen LogP contribution in [0.5, 0.6) is 0 Å². The van der Waals surface area contributed by atoms with E-state index in [4.69, 9.17) is 5.73 Å². The third-order valence-electron chi connectivity index (χ3n) is 3.62. The van der Waals surface area contributed by atoms with E-state index in [1.807, 2.05) is 11.8 Å². The molecule has 0 atom stereocenters. The zero-order chi connectivity index (χ0) is 12.1. The highest BCUT2D eigenvalue weighted by Gasteiger charge is 2.15. The molecule has 17 heavy (non-hydrogen) atoms. The molecule has 0 aromatic heterocycles. The van der Waals surface area contributed by atoms with Crippen molar-refractivity contribution in [1.82, 2.24) is 0 Å². The Hall–Kier alpha value is -0.470. The Morgan fingerprint density at radius 1 is 1.29 bits per heavy atom. The summed E-state index contributed by atoms with van der Waals surface area (Å²) in [6.07, 6.45) is 6.77. The van der Waals surface area contributed by atoms with Crippen LogP contribution in [-0.4, -0.2) is 12.3 Å². The minimum atomic E-state index is 0.744. The average molecular weight is 249 g/mol. The first kappa shape index (κ1) is 13.0. The van der Waals surface area contributed by atoms with Crippen LogP contribution in [0.3, 0.4) is 0 Å². The first-order valence-corrected chi connectivity index (χ1v) is 7.70. The molecule has 1 saturated carbocycles. The van der Waals surface area contributed by atoms with Crippen LogP contribution < -0.4 is 5.73 Å². The van der Waals surface area contributed by atoms with Crippen LogP contribution in [0.4, 0.5) is 0 Å². The van der Waals surface area contributed by atoms with Crippen molar-refractivity contribution < 1.29 is 0 Å². The van der Waals surface area contributed by atoms with Crippen LogP contribution in [-0.2, 0) is 6.42 Å². The summed E-state index contributed by atoms with van der Waals surface area (Å²) in [4.78, 5) is 1.46. The second-order valence-electron chi connectivity index (χ2n) is 5.10. The molecule has 1 fully saturated rings. The predicted molar refractivity (Wildman–Crippen MR) is 76.6 cm³/mol. The molecular weight excluding hydrogens is 226 g/mol. The highest BCUT2D eigenvalue weighted by atomic mass is 32.2. The lowest BCUT2D eigenvalue weighted by Crippen LogP contribution is -2.03. The topological polar surface area (TPSA) is 26.0 Å². The molecule has 0 unspecified atom stereocenters. The fourth-order valence-corrected chi connectivity index (χ4v) is 3.78. The van der Waals surface area contributed by atoms with Crippen molar-refractivity contribution in [3.8, 4) is 0 Å². The predicted octanol–water partition coefficient (Wildman–Crippen LogP) is 3.78. The molecule has 0 spiro atoms. The van der Waals surface area contributed by atoms with Crippen molar-refractivity contribution in [2.24, 2.45) is 11.7 Å². The van der Waals surface area contributed by atoms with Crippen LogP contribution in [0.25, 0.3) is 0 Å². The SMILES string of the molecule is Cc1cc(CCN)ccc1SCC1CCCC1.